The van der Waals surface area contributed by atoms with Crippen LogP contribution in [0.1, 0.15) is 22.3 Å². The Hall–Kier alpha value is -4.17. The maximum Gasteiger partial charge on any atom is 0.349 e. The molecule has 0 radical (unpaired) electrons. The minimum absolute atomic E-state index is 0.103. The number of nitrogens with one attached hydrogen (secondary N) is 1. The number of aromatic carboxylic acids is 1. The molecule has 1 aromatic carbocycles. The number of nitrogens with zero attached hydrogens (tertiary/aromatic N) is 4. The van der Waals surface area contributed by atoms with E-state index in [9.17, 15) is 19.6 Å². The first-order chi connectivity index (χ1) is 16.5. The van der Waals surface area contributed by atoms with Crippen molar-refractivity contribution in [3.8, 4) is 28.1 Å². The summed E-state index contributed by atoms with van der Waals surface area (Å²) in [6.45, 7) is 2.77. The van der Waals surface area contributed by atoms with E-state index in [1.54, 1.807) is 29.7 Å². The molecular weight excluding hydrogens is 461 g/mol. The Balaban J connectivity index is 1.55. The van der Waals surface area contributed by atoms with Crippen LogP contribution in [0.3, 0.4) is 0 Å². The number of hydrogen-bond acceptors (Lipinski definition) is 8. The summed E-state index contributed by atoms with van der Waals surface area (Å²) in [5.41, 5.74) is 1.15. The first-order valence-corrected chi connectivity index (χ1v) is 11.1. The third-order valence-corrected chi connectivity index (χ3v) is 6.18. The van der Waals surface area contributed by atoms with Gasteiger partial charge in [0.15, 0.2) is 4.88 Å². The van der Waals surface area contributed by atoms with E-state index in [4.69, 9.17) is 9.47 Å². The fourth-order valence-corrected chi connectivity index (χ4v) is 4.52. The lowest BCUT2D eigenvalue weighted by atomic mass is 10.2. The van der Waals surface area contributed by atoms with Crippen LogP contribution < -0.4 is 14.8 Å². The molecule has 3 heterocycles. The zero-order valence-electron chi connectivity index (χ0n) is 18.3. The minimum atomic E-state index is -1.07. The molecule has 0 amide bonds. The Morgan fingerprint density at radius 1 is 1.29 bits per heavy atom. The van der Waals surface area contributed by atoms with E-state index in [0.717, 1.165) is 11.3 Å². The fraction of sp³-hybridized carbons (Fsp3) is 0.217. The van der Waals surface area contributed by atoms with Crippen LogP contribution >= 0.6 is 11.3 Å². The van der Waals surface area contributed by atoms with Crippen LogP contribution in [-0.2, 0) is 6.54 Å². The Bertz CT molecular complexity index is 1410. The lowest BCUT2D eigenvalue weighted by Gasteiger charge is -2.11. The number of halogens is 1. The number of aromatic nitrogens is 3. The number of anilines is 1. The van der Waals surface area contributed by atoms with Crippen LogP contribution in [0.25, 0.3) is 21.5 Å². The Morgan fingerprint density at radius 3 is 2.82 bits per heavy atom. The molecule has 0 unspecified atom stereocenters. The van der Waals surface area contributed by atoms with Crippen molar-refractivity contribution < 1.29 is 23.8 Å². The lowest BCUT2D eigenvalue weighted by Crippen LogP contribution is -2.13. The van der Waals surface area contributed by atoms with Crippen molar-refractivity contribution in [2.75, 3.05) is 25.6 Å². The van der Waals surface area contributed by atoms with Gasteiger partial charge in [-0.3, -0.25) is 0 Å². The normalized spacial score (nSPS) is 10.8. The van der Waals surface area contributed by atoms with Crippen molar-refractivity contribution in [1.82, 2.24) is 14.5 Å². The number of nitriles is 1. The molecule has 174 valence electrons. The van der Waals surface area contributed by atoms with Crippen molar-refractivity contribution in [1.29, 1.82) is 5.26 Å². The highest BCUT2D eigenvalue weighted by molar-refractivity contribution is 7.17. The highest BCUT2D eigenvalue weighted by Gasteiger charge is 2.19. The van der Waals surface area contributed by atoms with Gasteiger partial charge < -0.3 is 24.5 Å². The van der Waals surface area contributed by atoms with E-state index >= 15 is 0 Å². The molecule has 0 aliphatic rings. The Kier molecular flexibility index (Phi) is 6.60. The standard InChI is InChI=1S/C23H20FN5O4S/c1-3-33-18-10-19(34-22(18)23(30)31)16-9-20(28-12-27-16)26-6-7-29-13(11-25)8-14-17(32-2)5-4-15(24)21(14)29/h4-5,8-10,12H,3,6-7H2,1-2H3,(H,30,31)(H,26,27,28). The fourth-order valence-electron chi connectivity index (χ4n) is 3.61. The summed E-state index contributed by atoms with van der Waals surface area (Å²) in [5, 5.41) is 22.6. The molecule has 0 spiro atoms. The zero-order valence-corrected chi connectivity index (χ0v) is 19.1. The molecule has 9 nitrogen and oxygen atoms in total. The van der Waals surface area contributed by atoms with Gasteiger partial charge in [-0.05, 0) is 25.1 Å². The summed E-state index contributed by atoms with van der Waals surface area (Å²) in [6, 6.07) is 9.88. The lowest BCUT2D eigenvalue weighted by molar-refractivity contribution is 0.0698. The van der Waals surface area contributed by atoms with E-state index in [2.05, 4.69) is 21.4 Å². The molecule has 0 aliphatic carbocycles. The molecule has 34 heavy (non-hydrogen) atoms. The quantitative estimate of drug-likeness (QED) is 0.361. The van der Waals surface area contributed by atoms with E-state index < -0.39 is 11.8 Å². The second-order valence-corrected chi connectivity index (χ2v) is 8.11. The van der Waals surface area contributed by atoms with Gasteiger partial charge in [0.05, 0.1) is 29.8 Å². The summed E-state index contributed by atoms with van der Waals surface area (Å²) >= 11 is 1.07. The molecule has 0 saturated heterocycles. The van der Waals surface area contributed by atoms with Gasteiger partial charge in [0.25, 0.3) is 0 Å². The molecule has 0 bridgehead atoms. The molecule has 0 fully saturated rings. The number of methoxy groups -OCH3 is 1. The van der Waals surface area contributed by atoms with E-state index in [-0.39, 0.29) is 4.88 Å². The van der Waals surface area contributed by atoms with Gasteiger partial charge in [-0.2, -0.15) is 5.26 Å². The first-order valence-electron chi connectivity index (χ1n) is 10.3. The summed E-state index contributed by atoms with van der Waals surface area (Å²) in [4.78, 5) is 20.7. The van der Waals surface area contributed by atoms with E-state index in [0.29, 0.717) is 64.2 Å². The number of rotatable bonds is 9. The van der Waals surface area contributed by atoms with Gasteiger partial charge in [-0.1, -0.05) is 0 Å². The van der Waals surface area contributed by atoms with Crippen LogP contribution in [0.2, 0.25) is 0 Å². The third kappa shape index (κ3) is 4.35. The second-order valence-electron chi connectivity index (χ2n) is 7.06. The van der Waals surface area contributed by atoms with Crippen LogP contribution in [0.15, 0.2) is 36.7 Å². The minimum Gasteiger partial charge on any atom is -0.496 e. The number of carboxylic acids is 1. The number of hydrogen-bond donors (Lipinski definition) is 2. The van der Waals surface area contributed by atoms with Crippen LogP contribution in [0, 0.1) is 17.1 Å². The Morgan fingerprint density at radius 2 is 2.12 bits per heavy atom. The summed E-state index contributed by atoms with van der Waals surface area (Å²) < 4.78 is 26.9. The average Bonchev–Trinajstić information content (AvgIpc) is 3.42. The maximum absolute atomic E-state index is 14.6. The van der Waals surface area contributed by atoms with Gasteiger partial charge in [0.1, 0.15) is 41.2 Å². The first kappa shape index (κ1) is 23.0. The zero-order chi connectivity index (χ0) is 24.2. The Labute approximate surface area is 198 Å². The smallest absolute Gasteiger partial charge is 0.349 e. The van der Waals surface area contributed by atoms with Crippen LogP contribution in [0.4, 0.5) is 10.2 Å². The van der Waals surface area contributed by atoms with Gasteiger partial charge in [-0.25, -0.2) is 19.2 Å². The second kappa shape index (κ2) is 9.76. The number of carbonyl (C=O) groups is 1. The largest absolute Gasteiger partial charge is 0.496 e. The third-order valence-electron chi connectivity index (χ3n) is 5.06. The van der Waals surface area contributed by atoms with E-state index in [1.165, 1.54) is 25.6 Å². The number of benzene rings is 1. The van der Waals surface area contributed by atoms with Crippen LogP contribution in [-0.4, -0.2) is 45.9 Å². The number of carboxylic acid groups (broad SMARTS) is 1. The monoisotopic (exact) mass is 481 g/mol. The highest BCUT2D eigenvalue weighted by atomic mass is 32.1. The van der Waals surface area contributed by atoms with Crippen molar-refractivity contribution in [3.05, 3.63) is 53.0 Å². The van der Waals surface area contributed by atoms with Gasteiger partial charge >= 0.3 is 5.97 Å². The van der Waals surface area contributed by atoms with Gasteiger partial charge in [0.2, 0.25) is 0 Å². The number of fused-ring (bicyclic) bond motifs is 1. The molecule has 0 saturated carbocycles. The predicted octanol–water partition coefficient (Wildman–Crippen LogP) is 4.39. The molecule has 0 atom stereocenters. The van der Waals surface area contributed by atoms with Crippen LogP contribution in [0.5, 0.6) is 11.5 Å². The SMILES string of the molecule is CCOc1cc(-c2cc(NCCn3c(C#N)cc4c(OC)ccc(F)c43)ncn2)sc1C(=O)O. The number of thiophene rings is 1. The topological polar surface area (TPSA) is 122 Å². The number of ether oxygens (including phenoxy) is 2. The molecule has 0 aliphatic heterocycles. The molecule has 3 aromatic heterocycles. The summed E-state index contributed by atoms with van der Waals surface area (Å²) in [6.07, 6.45) is 1.37. The molecule has 4 rings (SSSR count). The van der Waals surface area contributed by atoms with Crippen molar-refractivity contribution in [2.45, 2.75) is 13.5 Å². The van der Waals surface area contributed by atoms with Crippen molar-refractivity contribution in [3.63, 3.8) is 0 Å². The van der Waals surface area contributed by atoms with Crippen molar-refractivity contribution >= 4 is 34.0 Å². The van der Waals surface area contributed by atoms with Gasteiger partial charge in [0, 0.05) is 30.6 Å². The molecule has 4 aromatic rings. The summed E-state index contributed by atoms with van der Waals surface area (Å²) in [7, 11) is 1.49. The highest BCUT2D eigenvalue weighted by Crippen LogP contribution is 2.36. The van der Waals surface area contributed by atoms with E-state index in [1.807, 2.05) is 0 Å². The maximum atomic E-state index is 14.6. The molecule has 11 heteroatoms. The predicted molar refractivity (Wildman–Crippen MR) is 125 cm³/mol. The summed E-state index contributed by atoms with van der Waals surface area (Å²) in [5.74, 6) is -0.227. The average molecular weight is 482 g/mol. The van der Waals surface area contributed by atoms with Gasteiger partial charge in [-0.15, -0.1) is 11.3 Å². The molecular formula is C23H20FN5O4S. The van der Waals surface area contributed by atoms with Crippen molar-refractivity contribution in [2.24, 2.45) is 0 Å². The molecule has 2 N–H and O–H groups in total.